The number of piperidine rings is 1. The molecule has 0 aliphatic carbocycles. The molecule has 2 aliphatic rings. The minimum absolute atomic E-state index is 0.278. The number of aryl methyl sites for hydroxylation is 2. The highest BCUT2D eigenvalue weighted by Crippen LogP contribution is 2.27. The van der Waals surface area contributed by atoms with Gasteiger partial charge in [0.25, 0.3) is 0 Å². The topological polar surface area (TPSA) is 52.4 Å². The van der Waals surface area contributed by atoms with Crippen molar-refractivity contribution < 1.29 is 9.47 Å². The summed E-state index contributed by atoms with van der Waals surface area (Å²) in [6.45, 7) is 8.72. The molecule has 29 heavy (non-hydrogen) atoms. The average Bonchev–Trinajstić information content (AvgIpc) is 3.36. The zero-order valence-corrected chi connectivity index (χ0v) is 18.4. The van der Waals surface area contributed by atoms with E-state index in [2.05, 4.69) is 51.7 Å². The van der Waals surface area contributed by atoms with Gasteiger partial charge in [0.15, 0.2) is 5.16 Å². The summed E-state index contributed by atoms with van der Waals surface area (Å²) in [5.74, 6) is 2.80. The van der Waals surface area contributed by atoms with E-state index in [1.807, 2.05) is 0 Å². The van der Waals surface area contributed by atoms with E-state index in [1.165, 1.54) is 30.4 Å². The Bertz CT molecular complexity index is 778. The van der Waals surface area contributed by atoms with Crippen LogP contribution in [0.25, 0.3) is 0 Å². The van der Waals surface area contributed by atoms with Crippen molar-refractivity contribution in [1.29, 1.82) is 0 Å². The minimum Gasteiger partial charge on any atom is -0.493 e. The summed E-state index contributed by atoms with van der Waals surface area (Å²) in [5.41, 5.74) is 2.46. The van der Waals surface area contributed by atoms with Crippen LogP contribution >= 0.6 is 11.8 Å². The minimum atomic E-state index is 0.278. The Hall–Kier alpha value is -1.73. The first-order chi connectivity index (χ1) is 14.2. The van der Waals surface area contributed by atoms with Crippen molar-refractivity contribution >= 4 is 17.7 Å². The number of aromatic nitrogens is 3. The van der Waals surface area contributed by atoms with Crippen LogP contribution in [-0.4, -0.2) is 52.9 Å². The predicted molar refractivity (Wildman–Crippen MR) is 117 cm³/mol. The van der Waals surface area contributed by atoms with Gasteiger partial charge in [-0.3, -0.25) is 4.57 Å². The van der Waals surface area contributed by atoms with E-state index in [1.54, 1.807) is 11.8 Å². The van der Waals surface area contributed by atoms with Crippen LogP contribution in [0.5, 0.6) is 5.75 Å². The second kappa shape index (κ2) is 9.85. The van der Waals surface area contributed by atoms with Crippen molar-refractivity contribution in [2.75, 3.05) is 37.0 Å². The molecule has 0 spiro atoms. The second-order valence-electron chi connectivity index (χ2n) is 8.10. The fraction of sp³-hybridized carbons (Fsp3) is 0.636. The van der Waals surface area contributed by atoms with E-state index >= 15 is 0 Å². The number of rotatable bonds is 8. The van der Waals surface area contributed by atoms with Crippen LogP contribution in [0.1, 0.15) is 43.2 Å². The quantitative estimate of drug-likeness (QED) is 0.474. The van der Waals surface area contributed by atoms with Crippen LogP contribution in [0.4, 0.5) is 5.95 Å². The van der Waals surface area contributed by atoms with Gasteiger partial charge in [-0.25, -0.2) is 0 Å². The summed E-state index contributed by atoms with van der Waals surface area (Å²) in [7, 11) is 0. The molecule has 0 saturated carbocycles. The Morgan fingerprint density at radius 3 is 2.59 bits per heavy atom. The molecule has 0 amide bonds. The van der Waals surface area contributed by atoms with E-state index in [9.17, 15) is 0 Å². The van der Waals surface area contributed by atoms with Crippen molar-refractivity contribution in [3.63, 3.8) is 0 Å². The lowest BCUT2D eigenvalue weighted by Gasteiger charge is -2.28. The molecule has 1 aromatic heterocycles. The number of hydrogen-bond donors (Lipinski definition) is 0. The molecular weight excluding hydrogens is 384 g/mol. The molecule has 0 radical (unpaired) electrons. The van der Waals surface area contributed by atoms with Gasteiger partial charge >= 0.3 is 0 Å². The number of anilines is 1. The lowest BCUT2D eigenvalue weighted by atomic mass is 10.1. The van der Waals surface area contributed by atoms with Crippen LogP contribution in [0.15, 0.2) is 23.4 Å². The third-order valence-electron chi connectivity index (χ3n) is 5.52. The predicted octanol–water partition coefficient (Wildman–Crippen LogP) is 4.24. The van der Waals surface area contributed by atoms with Gasteiger partial charge in [0, 0.05) is 25.4 Å². The monoisotopic (exact) mass is 416 g/mol. The highest BCUT2D eigenvalue weighted by atomic mass is 32.2. The van der Waals surface area contributed by atoms with Crippen molar-refractivity contribution in [3.8, 4) is 5.75 Å². The largest absolute Gasteiger partial charge is 0.493 e. The summed E-state index contributed by atoms with van der Waals surface area (Å²) in [6.07, 6.45) is 6.34. The van der Waals surface area contributed by atoms with Crippen molar-refractivity contribution in [2.45, 2.75) is 63.8 Å². The molecule has 7 heteroatoms. The molecule has 4 rings (SSSR count). The molecule has 1 atom stereocenters. The zero-order chi connectivity index (χ0) is 20.1. The van der Waals surface area contributed by atoms with Crippen molar-refractivity contribution in [1.82, 2.24) is 14.8 Å². The van der Waals surface area contributed by atoms with Crippen LogP contribution in [0.2, 0.25) is 0 Å². The normalized spacial score (nSPS) is 19.7. The SMILES string of the molecule is Cc1cc(C)cc(OCCSc2nnc(N3CCCCC3)n2C[C@H]2CCCO2)c1. The highest BCUT2D eigenvalue weighted by Gasteiger charge is 2.24. The number of nitrogens with zero attached hydrogens (tertiary/aromatic N) is 4. The molecule has 6 nitrogen and oxygen atoms in total. The standard InChI is InChI=1S/C22H32N4O2S/c1-17-13-18(2)15-20(14-17)28-11-12-29-22-24-23-21(25-8-4-3-5-9-25)26(22)16-19-7-6-10-27-19/h13-15,19H,3-12,16H2,1-2H3/t19-/m1/s1. The Morgan fingerprint density at radius 2 is 1.86 bits per heavy atom. The van der Waals surface area contributed by atoms with E-state index in [0.717, 1.165) is 61.7 Å². The first kappa shape index (κ1) is 20.5. The van der Waals surface area contributed by atoms with Gasteiger partial charge in [0.2, 0.25) is 5.95 Å². The smallest absolute Gasteiger partial charge is 0.228 e. The van der Waals surface area contributed by atoms with Gasteiger partial charge in [-0.1, -0.05) is 17.8 Å². The van der Waals surface area contributed by atoms with E-state index in [0.29, 0.717) is 6.61 Å². The van der Waals surface area contributed by atoms with E-state index in [4.69, 9.17) is 9.47 Å². The first-order valence-electron chi connectivity index (χ1n) is 10.8. The molecule has 2 aliphatic heterocycles. The van der Waals surface area contributed by atoms with Crippen LogP contribution < -0.4 is 9.64 Å². The lowest BCUT2D eigenvalue weighted by molar-refractivity contribution is 0.0951. The van der Waals surface area contributed by atoms with Gasteiger partial charge in [-0.2, -0.15) is 0 Å². The van der Waals surface area contributed by atoms with Gasteiger partial charge in [0.1, 0.15) is 5.75 Å². The average molecular weight is 417 g/mol. The molecule has 0 N–H and O–H groups in total. The molecular formula is C22H32N4O2S. The van der Waals surface area contributed by atoms with Gasteiger partial charge in [0.05, 0.1) is 19.3 Å². The second-order valence-corrected chi connectivity index (χ2v) is 9.16. The van der Waals surface area contributed by atoms with Gasteiger partial charge in [-0.15, -0.1) is 10.2 Å². The maximum absolute atomic E-state index is 5.97. The summed E-state index contributed by atoms with van der Waals surface area (Å²) in [5, 5.41) is 10.1. The highest BCUT2D eigenvalue weighted by molar-refractivity contribution is 7.99. The fourth-order valence-corrected chi connectivity index (χ4v) is 4.94. The maximum Gasteiger partial charge on any atom is 0.228 e. The molecule has 2 saturated heterocycles. The number of benzene rings is 1. The third-order valence-corrected chi connectivity index (χ3v) is 6.46. The summed E-state index contributed by atoms with van der Waals surface area (Å²) < 4.78 is 14.2. The fourth-order valence-electron chi connectivity index (χ4n) is 4.18. The molecule has 1 aromatic carbocycles. The van der Waals surface area contributed by atoms with E-state index in [-0.39, 0.29) is 6.10 Å². The molecule has 0 bridgehead atoms. The summed E-state index contributed by atoms with van der Waals surface area (Å²) >= 11 is 1.73. The Labute approximate surface area is 178 Å². The van der Waals surface area contributed by atoms with Crippen molar-refractivity contribution in [2.24, 2.45) is 0 Å². The number of hydrogen-bond acceptors (Lipinski definition) is 6. The Morgan fingerprint density at radius 1 is 1.07 bits per heavy atom. The maximum atomic E-state index is 5.97. The van der Waals surface area contributed by atoms with Gasteiger partial charge in [-0.05, 0) is 69.2 Å². The molecule has 158 valence electrons. The zero-order valence-electron chi connectivity index (χ0n) is 17.6. The summed E-state index contributed by atoms with van der Waals surface area (Å²) in [6, 6.07) is 6.34. The molecule has 2 fully saturated rings. The lowest BCUT2D eigenvalue weighted by Crippen LogP contribution is -2.33. The summed E-state index contributed by atoms with van der Waals surface area (Å²) in [4.78, 5) is 2.39. The third kappa shape index (κ3) is 5.45. The molecule has 0 unspecified atom stereocenters. The number of ether oxygens (including phenoxy) is 2. The number of thioether (sulfide) groups is 1. The molecule has 2 aromatic rings. The van der Waals surface area contributed by atoms with Gasteiger partial charge < -0.3 is 14.4 Å². The van der Waals surface area contributed by atoms with Crippen molar-refractivity contribution in [3.05, 3.63) is 29.3 Å². The first-order valence-corrected chi connectivity index (χ1v) is 11.8. The van der Waals surface area contributed by atoms with Crippen LogP contribution in [0.3, 0.4) is 0 Å². The van der Waals surface area contributed by atoms with Crippen LogP contribution in [0, 0.1) is 13.8 Å². The molecule has 3 heterocycles. The Kier molecular flexibility index (Phi) is 6.98. The van der Waals surface area contributed by atoms with E-state index < -0.39 is 0 Å². The Balaban J connectivity index is 1.39. The van der Waals surface area contributed by atoms with Crippen LogP contribution in [-0.2, 0) is 11.3 Å².